The maximum Gasteiger partial charge on any atom is 0.254 e. The molecule has 1 N–H and O–H groups in total. The number of rotatable bonds is 7. The van der Waals surface area contributed by atoms with Crippen LogP contribution in [0.5, 0.6) is 0 Å². The summed E-state index contributed by atoms with van der Waals surface area (Å²) < 4.78 is 1.64. The molecule has 0 bridgehead atoms. The van der Waals surface area contributed by atoms with E-state index in [4.69, 9.17) is 0 Å². The number of amides is 2. The van der Waals surface area contributed by atoms with Crippen LogP contribution in [-0.4, -0.2) is 39.6 Å². The smallest absolute Gasteiger partial charge is 0.254 e. The van der Waals surface area contributed by atoms with Gasteiger partial charge in [0.25, 0.3) is 5.91 Å². The van der Waals surface area contributed by atoms with E-state index in [0.717, 1.165) is 11.4 Å². The quantitative estimate of drug-likeness (QED) is 0.789. The van der Waals surface area contributed by atoms with Crippen LogP contribution in [0.4, 0.5) is 5.82 Å². The van der Waals surface area contributed by atoms with Crippen molar-refractivity contribution in [1.29, 1.82) is 0 Å². The lowest BCUT2D eigenvalue weighted by atomic mass is 10.1. The third kappa shape index (κ3) is 4.44. The number of carbonyl (C=O) groups is 2. The number of aromatic nitrogens is 2. The molecule has 25 heavy (non-hydrogen) atoms. The van der Waals surface area contributed by atoms with Gasteiger partial charge in [0, 0.05) is 31.6 Å². The normalized spacial score (nSPS) is 10.2. The predicted octanol–water partition coefficient (Wildman–Crippen LogP) is 2.95. The highest BCUT2D eigenvalue weighted by Gasteiger charge is 2.14. The first kappa shape index (κ1) is 18.2. The fraction of sp³-hybridized carbons (Fsp3) is 0.211. The fourth-order valence-electron chi connectivity index (χ4n) is 2.45. The number of hydrogen-bond acceptors (Lipinski definition) is 3. The minimum absolute atomic E-state index is 0.0925. The fourth-order valence-corrected chi connectivity index (χ4v) is 2.45. The largest absolute Gasteiger partial charge is 0.331 e. The van der Waals surface area contributed by atoms with Crippen molar-refractivity contribution < 1.29 is 9.59 Å². The van der Waals surface area contributed by atoms with Gasteiger partial charge in [0.2, 0.25) is 5.91 Å². The molecule has 0 atom stereocenters. The van der Waals surface area contributed by atoms with Gasteiger partial charge in [-0.2, -0.15) is 5.10 Å². The molecule has 0 spiro atoms. The average Bonchev–Trinajstić information content (AvgIpc) is 2.93. The zero-order chi connectivity index (χ0) is 18.4. The van der Waals surface area contributed by atoms with Crippen molar-refractivity contribution in [2.45, 2.75) is 13.8 Å². The van der Waals surface area contributed by atoms with E-state index >= 15 is 0 Å². The molecule has 1 aromatic heterocycles. The summed E-state index contributed by atoms with van der Waals surface area (Å²) in [6.45, 7) is 11.6. The summed E-state index contributed by atoms with van der Waals surface area (Å²) in [5, 5.41) is 7.13. The number of carbonyl (C=O) groups excluding carboxylic acids is 2. The summed E-state index contributed by atoms with van der Waals surface area (Å²) in [5.41, 5.74) is 2.11. The molecule has 0 fully saturated rings. The Labute approximate surface area is 147 Å². The van der Waals surface area contributed by atoms with Gasteiger partial charge in [0.05, 0.1) is 11.4 Å². The van der Waals surface area contributed by atoms with Gasteiger partial charge < -0.3 is 10.2 Å². The Balaban J connectivity index is 2.28. The molecule has 0 aliphatic heterocycles. The van der Waals surface area contributed by atoms with E-state index in [1.807, 2.05) is 6.92 Å². The minimum atomic E-state index is -0.169. The van der Waals surface area contributed by atoms with Crippen molar-refractivity contribution in [3.63, 3.8) is 0 Å². The summed E-state index contributed by atoms with van der Waals surface area (Å²) in [6.07, 6.45) is 3.37. The average molecular weight is 338 g/mol. The standard InChI is InChI=1S/C19H22N4O2/c1-5-11-22(12-6-2)19(25)16-7-9-17(10-8-16)23-18(20-15(4)24)13-14(3)21-23/h5-10,13H,1-2,11-12H2,3-4H3,(H,20,24). The second-order valence-electron chi connectivity index (χ2n) is 5.60. The number of nitrogens with zero attached hydrogens (tertiary/aromatic N) is 3. The Kier molecular flexibility index (Phi) is 5.89. The lowest BCUT2D eigenvalue weighted by Crippen LogP contribution is -2.31. The molecule has 6 nitrogen and oxygen atoms in total. The van der Waals surface area contributed by atoms with E-state index in [0.29, 0.717) is 24.5 Å². The van der Waals surface area contributed by atoms with Crippen LogP contribution in [0.15, 0.2) is 55.6 Å². The highest BCUT2D eigenvalue weighted by molar-refractivity contribution is 5.94. The van der Waals surface area contributed by atoms with Crippen LogP contribution in [0, 0.1) is 6.92 Å². The van der Waals surface area contributed by atoms with Crippen LogP contribution in [0.25, 0.3) is 5.69 Å². The first-order chi connectivity index (χ1) is 12.0. The first-order valence-corrected chi connectivity index (χ1v) is 7.92. The number of nitrogens with one attached hydrogen (secondary N) is 1. The third-order valence-corrected chi connectivity index (χ3v) is 3.48. The minimum Gasteiger partial charge on any atom is -0.331 e. The van der Waals surface area contributed by atoms with Crippen LogP contribution in [0.3, 0.4) is 0 Å². The Hall–Kier alpha value is -3.15. The number of anilines is 1. The summed E-state index contributed by atoms with van der Waals surface area (Å²) in [6, 6.07) is 8.86. The zero-order valence-electron chi connectivity index (χ0n) is 14.5. The van der Waals surface area contributed by atoms with Gasteiger partial charge in [0.15, 0.2) is 0 Å². The van der Waals surface area contributed by atoms with Crippen LogP contribution in [0.1, 0.15) is 23.0 Å². The molecule has 2 rings (SSSR count). The number of hydrogen-bond donors (Lipinski definition) is 1. The molecular weight excluding hydrogens is 316 g/mol. The topological polar surface area (TPSA) is 67.2 Å². The maximum atomic E-state index is 12.5. The van der Waals surface area contributed by atoms with Crippen molar-refractivity contribution >= 4 is 17.6 Å². The maximum absolute atomic E-state index is 12.5. The van der Waals surface area contributed by atoms with Crippen molar-refractivity contribution in [3.8, 4) is 5.69 Å². The van der Waals surface area contributed by atoms with E-state index in [-0.39, 0.29) is 11.8 Å². The molecule has 6 heteroatoms. The molecule has 1 heterocycles. The Bertz CT molecular complexity index is 780. The SMILES string of the molecule is C=CCN(CC=C)C(=O)c1ccc(-n2nc(C)cc2NC(C)=O)cc1. The highest BCUT2D eigenvalue weighted by Crippen LogP contribution is 2.18. The van der Waals surface area contributed by atoms with E-state index in [2.05, 4.69) is 23.6 Å². The van der Waals surface area contributed by atoms with Crippen molar-refractivity contribution in [2.24, 2.45) is 0 Å². The first-order valence-electron chi connectivity index (χ1n) is 7.92. The molecule has 0 aliphatic rings. The van der Waals surface area contributed by atoms with Gasteiger partial charge in [-0.1, -0.05) is 12.2 Å². The molecule has 0 saturated heterocycles. The molecule has 1 aromatic carbocycles. The van der Waals surface area contributed by atoms with Crippen molar-refractivity contribution in [1.82, 2.24) is 14.7 Å². The lowest BCUT2D eigenvalue weighted by molar-refractivity contribution is -0.114. The van der Waals surface area contributed by atoms with E-state index in [1.54, 1.807) is 52.1 Å². The summed E-state index contributed by atoms with van der Waals surface area (Å²) >= 11 is 0. The van der Waals surface area contributed by atoms with Gasteiger partial charge in [-0.3, -0.25) is 9.59 Å². The van der Waals surface area contributed by atoms with Gasteiger partial charge in [-0.15, -0.1) is 13.2 Å². The van der Waals surface area contributed by atoms with Gasteiger partial charge in [-0.05, 0) is 31.2 Å². The van der Waals surface area contributed by atoms with Crippen LogP contribution >= 0.6 is 0 Å². The Morgan fingerprint density at radius 1 is 1.20 bits per heavy atom. The number of benzene rings is 1. The third-order valence-electron chi connectivity index (χ3n) is 3.48. The van der Waals surface area contributed by atoms with Gasteiger partial charge in [-0.25, -0.2) is 4.68 Å². The highest BCUT2D eigenvalue weighted by atomic mass is 16.2. The molecule has 0 unspecified atom stereocenters. The van der Waals surface area contributed by atoms with Crippen LogP contribution in [0.2, 0.25) is 0 Å². The molecule has 0 radical (unpaired) electrons. The summed E-state index contributed by atoms with van der Waals surface area (Å²) in [4.78, 5) is 25.5. The van der Waals surface area contributed by atoms with Crippen molar-refractivity contribution in [3.05, 3.63) is 66.9 Å². The molecule has 0 saturated carbocycles. The second kappa shape index (κ2) is 8.10. The zero-order valence-corrected chi connectivity index (χ0v) is 14.5. The van der Waals surface area contributed by atoms with E-state index < -0.39 is 0 Å². The van der Waals surface area contributed by atoms with Gasteiger partial charge >= 0.3 is 0 Å². The van der Waals surface area contributed by atoms with E-state index in [9.17, 15) is 9.59 Å². The molecule has 2 aromatic rings. The Morgan fingerprint density at radius 2 is 1.80 bits per heavy atom. The van der Waals surface area contributed by atoms with Crippen LogP contribution < -0.4 is 5.32 Å². The molecule has 130 valence electrons. The van der Waals surface area contributed by atoms with Gasteiger partial charge in [0.1, 0.15) is 5.82 Å². The molecular formula is C19H22N4O2. The predicted molar refractivity (Wildman–Crippen MR) is 98.9 cm³/mol. The van der Waals surface area contributed by atoms with E-state index in [1.165, 1.54) is 6.92 Å². The summed E-state index contributed by atoms with van der Waals surface area (Å²) in [7, 11) is 0. The monoisotopic (exact) mass is 338 g/mol. The Morgan fingerprint density at radius 3 is 2.32 bits per heavy atom. The lowest BCUT2D eigenvalue weighted by Gasteiger charge is -2.19. The van der Waals surface area contributed by atoms with Crippen LogP contribution in [-0.2, 0) is 4.79 Å². The second-order valence-corrected chi connectivity index (χ2v) is 5.60. The van der Waals surface area contributed by atoms with Crippen molar-refractivity contribution in [2.75, 3.05) is 18.4 Å². The summed E-state index contributed by atoms with van der Waals surface area (Å²) in [5.74, 6) is 0.325. The number of aryl methyl sites for hydroxylation is 1. The molecule has 0 aliphatic carbocycles. The molecule has 2 amide bonds.